The highest BCUT2D eigenvalue weighted by atomic mass is 14.9. The molecular formula is C58H45N. The van der Waals surface area contributed by atoms with Gasteiger partial charge in [0.2, 0.25) is 0 Å². The second-order valence-corrected chi connectivity index (χ2v) is 15.1. The monoisotopic (exact) mass is 755 g/mol. The van der Waals surface area contributed by atoms with Crippen LogP contribution in [0.25, 0.3) is 82.0 Å². The smallest absolute Gasteiger partial charge is 0.0704 e. The molecule has 9 aromatic rings. The number of fused-ring (bicyclic) bond motifs is 4. The fraction of sp³-hybridized carbons (Fsp3) is 0.0345. The van der Waals surface area contributed by atoms with Gasteiger partial charge in [-0.3, -0.25) is 0 Å². The quantitative estimate of drug-likeness (QED) is 0.102. The van der Waals surface area contributed by atoms with Crippen LogP contribution in [0.4, 0.5) is 0 Å². The maximum Gasteiger partial charge on any atom is 0.0704 e. The third kappa shape index (κ3) is 7.09. The zero-order chi connectivity index (χ0) is 40.3. The minimum Gasteiger partial charge on any atom is -0.375 e. The fourth-order valence-corrected chi connectivity index (χ4v) is 8.68. The normalized spacial score (nSPS) is 12.5. The van der Waals surface area contributed by atoms with Crippen molar-refractivity contribution in [2.75, 3.05) is 0 Å². The van der Waals surface area contributed by atoms with Crippen LogP contribution < -0.4 is 5.32 Å². The predicted octanol–water partition coefficient (Wildman–Crippen LogP) is 15.8. The highest BCUT2D eigenvalue weighted by molar-refractivity contribution is 6.25. The van der Waals surface area contributed by atoms with Gasteiger partial charge >= 0.3 is 0 Å². The molecule has 0 aliphatic rings. The molecule has 0 heterocycles. The summed E-state index contributed by atoms with van der Waals surface area (Å²) < 4.78 is 0. The van der Waals surface area contributed by atoms with Crippen molar-refractivity contribution in [1.29, 1.82) is 0 Å². The van der Waals surface area contributed by atoms with Gasteiger partial charge in [-0.2, -0.15) is 0 Å². The van der Waals surface area contributed by atoms with E-state index in [1.54, 1.807) is 6.08 Å². The lowest BCUT2D eigenvalue weighted by Crippen LogP contribution is -2.20. The number of nitrogens with one attached hydrogen (secondary N) is 1. The van der Waals surface area contributed by atoms with Crippen LogP contribution in [-0.4, -0.2) is 0 Å². The van der Waals surface area contributed by atoms with Gasteiger partial charge in [-0.1, -0.05) is 214 Å². The van der Waals surface area contributed by atoms with Crippen LogP contribution in [0.2, 0.25) is 0 Å². The van der Waals surface area contributed by atoms with Crippen molar-refractivity contribution in [3.05, 3.63) is 248 Å². The summed E-state index contributed by atoms with van der Waals surface area (Å²) in [5, 5.41) is 13.5. The molecule has 0 aliphatic heterocycles. The highest BCUT2D eigenvalue weighted by Gasteiger charge is 2.22. The van der Waals surface area contributed by atoms with Gasteiger partial charge in [0.15, 0.2) is 0 Å². The minimum atomic E-state index is -0.210. The maximum absolute atomic E-state index is 4.48. The molecule has 0 aromatic heterocycles. The van der Waals surface area contributed by atoms with Crippen molar-refractivity contribution in [3.63, 3.8) is 0 Å². The van der Waals surface area contributed by atoms with E-state index in [1.807, 2.05) is 12.2 Å². The van der Waals surface area contributed by atoms with Crippen LogP contribution in [-0.2, 0) is 0 Å². The molecule has 282 valence electrons. The Hall–Kier alpha value is -7.48. The molecule has 0 radical (unpaired) electrons. The summed E-state index contributed by atoms with van der Waals surface area (Å²) in [4.78, 5) is 0. The van der Waals surface area contributed by atoms with Crippen molar-refractivity contribution in [2.45, 2.75) is 13.0 Å². The minimum absolute atomic E-state index is 0.210. The molecule has 9 rings (SSSR count). The molecule has 0 bridgehead atoms. The average Bonchev–Trinajstić information content (AvgIpc) is 3.29. The van der Waals surface area contributed by atoms with Crippen LogP contribution in [0, 0.1) is 0 Å². The number of allylic oxidation sites excluding steroid dienone is 4. The van der Waals surface area contributed by atoms with Crippen LogP contribution in [0.1, 0.15) is 24.1 Å². The molecular weight excluding hydrogens is 711 g/mol. The number of hydrogen-bond donors (Lipinski definition) is 1. The lowest BCUT2D eigenvalue weighted by atomic mass is 9.82. The Morgan fingerprint density at radius 3 is 1.66 bits per heavy atom. The third-order valence-electron chi connectivity index (χ3n) is 11.6. The Balaban J connectivity index is 1.40. The summed E-state index contributed by atoms with van der Waals surface area (Å²) in [6, 6.07) is 66.1. The van der Waals surface area contributed by atoms with Crippen LogP contribution in [0.15, 0.2) is 237 Å². The van der Waals surface area contributed by atoms with E-state index in [-0.39, 0.29) is 6.04 Å². The molecule has 0 fully saturated rings. The van der Waals surface area contributed by atoms with Crippen molar-refractivity contribution in [1.82, 2.24) is 5.32 Å². The van der Waals surface area contributed by atoms with E-state index < -0.39 is 0 Å². The summed E-state index contributed by atoms with van der Waals surface area (Å²) in [6.45, 7) is 14.7. The number of benzene rings is 9. The summed E-state index contributed by atoms with van der Waals surface area (Å²) in [5.74, 6) is 0. The lowest BCUT2D eigenvalue weighted by molar-refractivity contribution is 0.728. The van der Waals surface area contributed by atoms with E-state index in [2.05, 4.69) is 220 Å². The van der Waals surface area contributed by atoms with Crippen molar-refractivity contribution >= 4 is 48.7 Å². The van der Waals surface area contributed by atoms with E-state index in [0.29, 0.717) is 0 Å². The molecule has 1 nitrogen and oxygen atoms in total. The van der Waals surface area contributed by atoms with Crippen LogP contribution >= 0.6 is 0 Å². The fourth-order valence-electron chi connectivity index (χ4n) is 8.68. The molecule has 1 unspecified atom stereocenters. The second-order valence-electron chi connectivity index (χ2n) is 15.1. The molecule has 0 saturated heterocycles. The highest BCUT2D eigenvalue weighted by Crippen LogP contribution is 2.48. The molecule has 0 saturated carbocycles. The molecule has 1 heteroatoms. The first-order valence-corrected chi connectivity index (χ1v) is 20.2. The Kier molecular flexibility index (Phi) is 10.2. The van der Waals surface area contributed by atoms with Gasteiger partial charge in [0.25, 0.3) is 0 Å². The van der Waals surface area contributed by atoms with E-state index >= 15 is 0 Å². The molecule has 0 spiro atoms. The van der Waals surface area contributed by atoms with Crippen molar-refractivity contribution in [3.8, 4) is 33.4 Å². The Morgan fingerprint density at radius 1 is 0.508 bits per heavy atom. The van der Waals surface area contributed by atoms with Gasteiger partial charge in [0.05, 0.1) is 6.04 Å². The zero-order valence-corrected chi connectivity index (χ0v) is 33.3. The Morgan fingerprint density at radius 2 is 1.05 bits per heavy atom. The molecule has 0 amide bonds. The van der Waals surface area contributed by atoms with Crippen LogP contribution in [0.5, 0.6) is 0 Å². The summed E-state index contributed by atoms with van der Waals surface area (Å²) in [5.41, 5.74) is 12.4. The van der Waals surface area contributed by atoms with Crippen molar-refractivity contribution < 1.29 is 0 Å². The van der Waals surface area contributed by atoms with Crippen LogP contribution in [0.3, 0.4) is 0 Å². The first-order chi connectivity index (χ1) is 29.0. The van der Waals surface area contributed by atoms with E-state index in [9.17, 15) is 0 Å². The summed E-state index contributed by atoms with van der Waals surface area (Å²) >= 11 is 0. The van der Waals surface area contributed by atoms with E-state index in [0.717, 1.165) is 16.8 Å². The standard InChI is InChI=1S/C58H45N/c1-5-19-41(6-2)40(4)59-56(36-39(3)42-20-9-7-10-21-42)47-33-35-53-55(38-47)58(51-31-18-27-45-25-14-16-29-49(45)51)52-34-32-46(43-22-11-8-12-23-43)37-54(52)57(53)50-30-17-26-44-24-13-15-28-48(44)50/h5-38,56,59H,1-2,4H2,3H3/b39-36+,41-19+. The van der Waals surface area contributed by atoms with E-state index in [1.165, 1.54) is 87.6 Å². The molecule has 9 aromatic carbocycles. The molecule has 0 aliphatic carbocycles. The Labute approximate surface area is 347 Å². The third-order valence-corrected chi connectivity index (χ3v) is 11.6. The molecule has 59 heavy (non-hydrogen) atoms. The van der Waals surface area contributed by atoms with Crippen molar-refractivity contribution in [2.24, 2.45) is 0 Å². The predicted molar refractivity (Wildman–Crippen MR) is 256 cm³/mol. The first kappa shape index (κ1) is 37.1. The molecule has 1 N–H and O–H groups in total. The second kappa shape index (κ2) is 16.2. The lowest BCUT2D eigenvalue weighted by Gasteiger charge is -2.24. The summed E-state index contributed by atoms with van der Waals surface area (Å²) in [6.07, 6.45) is 7.86. The molecule has 1 atom stereocenters. The largest absolute Gasteiger partial charge is 0.375 e. The van der Waals surface area contributed by atoms with Gasteiger partial charge in [-0.15, -0.1) is 0 Å². The average molecular weight is 756 g/mol. The van der Waals surface area contributed by atoms with Gasteiger partial charge in [0.1, 0.15) is 0 Å². The van der Waals surface area contributed by atoms with E-state index in [4.69, 9.17) is 0 Å². The van der Waals surface area contributed by atoms with Gasteiger partial charge in [-0.05, 0) is 118 Å². The maximum atomic E-state index is 4.48. The van der Waals surface area contributed by atoms with Gasteiger partial charge in [0, 0.05) is 5.70 Å². The number of rotatable bonds is 11. The van der Waals surface area contributed by atoms with Gasteiger partial charge < -0.3 is 5.32 Å². The summed E-state index contributed by atoms with van der Waals surface area (Å²) in [7, 11) is 0. The Bertz CT molecular complexity index is 3120. The zero-order valence-electron chi connectivity index (χ0n) is 33.3. The van der Waals surface area contributed by atoms with Gasteiger partial charge in [-0.25, -0.2) is 0 Å². The topological polar surface area (TPSA) is 12.0 Å². The number of hydrogen-bond acceptors (Lipinski definition) is 1. The SMILES string of the molecule is C=C/C=C(\C=C)C(=C)NC(/C=C(\C)c1ccccc1)c1ccc2c(-c3cccc4ccccc34)c3cc(-c4ccccc4)ccc3c(-c3cccc4ccccc34)c2c1. The first-order valence-electron chi connectivity index (χ1n) is 20.2.